The molecule has 4 rings (SSSR count). The fourth-order valence-electron chi connectivity index (χ4n) is 3.77. The number of hydrogen-bond donors (Lipinski definition) is 3. The average Bonchev–Trinajstić information content (AvgIpc) is 3.30. The van der Waals surface area contributed by atoms with Gasteiger partial charge in [-0.05, 0) is 42.9 Å². The van der Waals surface area contributed by atoms with E-state index in [2.05, 4.69) is 32.8 Å². The molecule has 2 aliphatic rings. The molecule has 0 saturated heterocycles. The average molecular weight is 429 g/mol. The van der Waals surface area contributed by atoms with Crippen molar-refractivity contribution in [2.24, 2.45) is 11.1 Å². The third-order valence-electron chi connectivity index (χ3n) is 5.27. The van der Waals surface area contributed by atoms with Crippen LogP contribution in [0.25, 0.3) is 5.69 Å². The van der Waals surface area contributed by atoms with Gasteiger partial charge in [-0.2, -0.15) is 5.10 Å². The molecule has 1 aromatic heterocycles. The first-order chi connectivity index (χ1) is 14.6. The lowest BCUT2D eigenvalue weighted by molar-refractivity contribution is 0.0911. The number of nitrogen functional groups attached to an aromatic ring is 1. The highest BCUT2D eigenvalue weighted by Gasteiger charge is 2.33. The van der Waals surface area contributed by atoms with Crippen LogP contribution in [-0.2, 0) is 6.42 Å². The molecule has 0 bridgehead atoms. The molecule has 1 fully saturated rings. The Kier molecular flexibility index (Phi) is 8.39. The fraction of sp³-hybridized carbons (Fsp3) is 0.542. The molecule has 5 N–H and O–H groups in total. The molecule has 0 aliphatic heterocycles. The minimum absolute atomic E-state index is 0.0463. The SMILES string of the molecule is CC1(C)CC(=O)c2cn(-c3ccc(C(N)=O)c(N)c3)nc2C1.CCC.OC1CCCC1. The van der Waals surface area contributed by atoms with Crippen molar-refractivity contribution >= 4 is 17.4 Å². The first kappa shape index (κ1) is 24.6. The first-order valence-corrected chi connectivity index (χ1v) is 11.1. The van der Waals surface area contributed by atoms with Crippen LogP contribution in [-0.4, -0.2) is 32.7 Å². The van der Waals surface area contributed by atoms with Gasteiger partial charge in [0.25, 0.3) is 5.91 Å². The van der Waals surface area contributed by atoms with Gasteiger partial charge < -0.3 is 16.6 Å². The number of Topliss-reactive ketones (excluding diaryl/α,β-unsaturated/α-hetero) is 1. The minimum atomic E-state index is -0.569. The Hall–Kier alpha value is -2.67. The number of aliphatic hydroxyl groups is 1. The van der Waals surface area contributed by atoms with Gasteiger partial charge >= 0.3 is 0 Å². The summed E-state index contributed by atoms with van der Waals surface area (Å²) >= 11 is 0. The van der Waals surface area contributed by atoms with Crippen LogP contribution >= 0.6 is 0 Å². The summed E-state index contributed by atoms with van der Waals surface area (Å²) in [6.07, 6.45) is 8.86. The Balaban J connectivity index is 0.000000318. The number of nitrogens with zero attached hydrogens (tertiary/aromatic N) is 2. The molecule has 0 unspecified atom stereocenters. The quantitative estimate of drug-likeness (QED) is 0.623. The Morgan fingerprint density at radius 3 is 2.32 bits per heavy atom. The predicted molar refractivity (Wildman–Crippen MR) is 123 cm³/mol. The summed E-state index contributed by atoms with van der Waals surface area (Å²) in [4.78, 5) is 23.4. The Morgan fingerprint density at radius 2 is 1.84 bits per heavy atom. The topological polar surface area (TPSA) is 124 Å². The number of ketones is 1. The molecular formula is C24H36N4O3. The van der Waals surface area contributed by atoms with Crippen molar-refractivity contribution in [2.45, 2.75) is 78.7 Å². The van der Waals surface area contributed by atoms with E-state index >= 15 is 0 Å². The lowest BCUT2D eigenvalue weighted by Crippen LogP contribution is -2.26. The highest BCUT2D eigenvalue weighted by atomic mass is 16.3. The molecular weight excluding hydrogens is 392 g/mol. The summed E-state index contributed by atoms with van der Waals surface area (Å²) in [5.74, 6) is -0.458. The second-order valence-corrected chi connectivity index (χ2v) is 9.16. The first-order valence-electron chi connectivity index (χ1n) is 11.1. The smallest absolute Gasteiger partial charge is 0.250 e. The van der Waals surface area contributed by atoms with Crippen molar-refractivity contribution in [3.05, 3.63) is 41.2 Å². The zero-order chi connectivity index (χ0) is 23.2. The lowest BCUT2D eigenvalue weighted by Gasteiger charge is -2.26. The van der Waals surface area contributed by atoms with E-state index in [-0.39, 0.29) is 22.9 Å². The van der Waals surface area contributed by atoms with Gasteiger partial charge in [0.15, 0.2) is 5.78 Å². The van der Waals surface area contributed by atoms with Crippen LogP contribution in [0.1, 0.15) is 92.6 Å². The van der Waals surface area contributed by atoms with Crippen LogP contribution in [0.3, 0.4) is 0 Å². The summed E-state index contributed by atoms with van der Waals surface area (Å²) in [5.41, 5.74) is 13.8. The van der Waals surface area contributed by atoms with Crippen molar-refractivity contribution in [1.82, 2.24) is 9.78 Å². The van der Waals surface area contributed by atoms with Crippen LogP contribution in [0.2, 0.25) is 0 Å². The number of rotatable bonds is 2. The minimum Gasteiger partial charge on any atom is -0.398 e. The molecule has 7 nitrogen and oxygen atoms in total. The van der Waals surface area contributed by atoms with Crippen LogP contribution in [0.4, 0.5) is 5.69 Å². The van der Waals surface area contributed by atoms with Gasteiger partial charge in [-0.3, -0.25) is 9.59 Å². The molecule has 1 amide bonds. The van der Waals surface area contributed by atoms with E-state index in [4.69, 9.17) is 16.6 Å². The Bertz CT molecular complexity index is 912. The van der Waals surface area contributed by atoms with E-state index in [0.717, 1.165) is 25.0 Å². The van der Waals surface area contributed by atoms with Crippen molar-refractivity contribution in [3.8, 4) is 5.69 Å². The molecule has 2 aromatic rings. The second-order valence-electron chi connectivity index (χ2n) is 9.16. The lowest BCUT2D eigenvalue weighted by atomic mass is 9.76. The zero-order valence-electron chi connectivity index (χ0n) is 19.1. The molecule has 7 heteroatoms. The van der Waals surface area contributed by atoms with Crippen LogP contribution < -0.4 is 11.5 Å². The molecule has 0 atom stereocenters. The molecule has 0 radical (unpaired) electrons. The molecule has 1 heterocycles. The number of aliphatic hydroxyl groups excluding tert-OH is 1. The Labute approximate surface area is 184 Å². The van der Waals surface area contributed by atoms with Gasteiger partial charge in [-0.15, -0.1) is 0 Å². The number of primary amides is 1. The van der Waals surface area contributed by atoms with Gasteiger partial charge in [0.1, 0.15) is 0 Å². The standard InChI is InChI=1S/C16H18N4O2.C5H10O.C3H8/c1-16(2)6-13-11(14(21)7-16)8-20(19-13)9-3-4-10(15(18)22)12(17)5-9;6-5-3-1-2-4-5;1-3-2/h3-5,8H,6-7,17H2,1-2H3,(H2,18,22);5-6H,1-4H2;3H2,1-2H3. The van der Waals surface area contributed by atoms with Crippen molar-refractivity contribution in [1.29, 1.82) is 0 Å². The maximum Gasteiger partial charge on any atom is 0.250 e. The van der Waals surface area contributed by atoms with Crippen LogP contribution in [0.5, 0.6) is 0 Å². The van der Waals surface area contributed by atoms with E-state index in [0.29, 0.717) is 23.4 Å². The predicted octanol–water partition coefficient (Wildman–Crippen LogP) is 4.05. The van der Waals surface area contributed by atoms with E-state index in [9.17, 15) is 9.59 Å². The van der Waals surface area contributed by atoms with Gasteiger partial charge in [-0.25, -0.2) is 4.68 Å². The zero-order valence-corrected chi connectivity index (χ0v) is 19.1. The number of hydrogen-bond acceptors (Lipinski definition) is 5. The summed E-state index contributed by atoms with van der Waals surface area (Å²) in [6, 6.07) is 4.91. The number of anilines is 1. The van der Waals surface area contributed by atoms with Gasteiger partial charge in [0.2, 0.25) is 0 Å². The molecule has 0 spiro atoms. The third kappa shape index (κ3) is 6.66. The van der Waals surface area contributed by atoms with Crippen molar-refractivity contribution < 1.29 is 14.7 Å². The number of benzene rings is 1. The summed E-state index contributed by atoms with van der Waals surface area (Å²) in [6.45, 7) is 8.37. The molecule has 1 saturated carbocycles. The number of aromatic nitrogens is 2. The van der Waals surface area contributed by atoms with Crippen molar-refractivity contribution in [3.63, 3.8) is 0 Å². The summed E-state index contributed by atoms with van der Waals surface area (Å²) < 4.78 is 1.63. The number of fused-ring (bicyclic) bond motifs is 1. The van der Waals surface area contributed by atoms with Crippen LogP contribution in [0.15, 0.2) is 24.4 Å². The van der Waals surface area contributed by atoms with E-state index in [1.165, 1.54) is 19.3 Å². The highest BCUT2D eigenvalue weighted by molar-refractivity contribution is 5.99. The summed E-state index contributed by atoms with van der Waals surface area (Å²) in [5, 5.41) is 13.2. The maximum absolute atomic E-state index is 12.2. The molecule has 1 aromatic carbocycles. The number of nitrogens with two attached hydrogens (primary N) is 2. The number of amides is 1. The molecule has 2 aliphatic carbocycles. The third-order valence-corrected chi connectivity index (χ3v) is 5.27. The Morgan fingerprint density at radius 1 is 1.23 bits per heavy atom. The fourth-order valence-corrected chi connectivity index (χ4v) is 3.77. The van der Waals surface area contributed by atoms with Crippen LogP contribution in [0, 0.1) is 5.41 Å². The van der Waals surface area contributed by atoms with Gasteiger partial charge in [0.05, 0.1) is 28.6 Å². The second kappa shape index (κ2) is 10.6. The van der Waals surface area contributed by atoms with Crippen molar-refractivity contribution in [2.75, 3.05) is 5.73 Å². The number of carbonyl (C=O) groups is 2. The molecule has 31 heavy (non-hydrogen) atoms. The normalized spacial score (nSPS) is 17.1. The maximum atomic E-state index is 12.2. The largest absolute Gasteiger partial charge is 0.398 e. The summed E-state index contributed by atoms with van der Waals surface area (Å²) in [7, 11) is 0. The number of carbonyl (C=O) groups excluding carboxylic acids is 2. The van der Waals surface area contributed by atoms with Gasteiger partial charge in [-0.1, -0.05) is 47.0 Å². The van der Waals surface area contributed by atoms with Gasteiger partial charge in [0, 0.05) is 18.3 Å². The monoisotopic (exact) mass is 428 g/mol. The van der Waals surface area contributed by atoms with E-state index < -0.39 is 5.91 Å². The highest BCUT2D eigenvalue weighted by Crippen LogP contribution is 2.34. The van der Waals surface area contributed by atoms with E-state index in [1.807, 2.05) is 0 Å². The van der Waals surface area contributed by atoms with E-state index in [1.54, 1.807) is 29.1 Å². The molecule has 170 valence electrons.